The van der Waals surface area contributed by atoms with Gasteiger partial charge in [0.15, 0.2) is 6.29 Å². The van der Waals surface area contributed by atoms with E-state index in [4.69, 9.17) is 4.74 Å². The van der Waals surface area contributed by atoms with Gasteiger partial charge < -0.3 is 4.74 Å². The van der Waals surface area contributed by atoms with Crippen molar-refractivity contribution in [2.75, 3.05) is 0 Å². The lowest BCUT2D eigenvalue weighted by Gasteiger charge is -2.20. The Balaban J connectivity index is 2.37. The van der Waals surface area contributed by atoms with Gasteiger partial charge in [-0.25, -0.2) is 0 Å². The minimum absolute atomic E-state index is 0.104. The smallest absolute Gasteiger partial charge is 0.153 e. The molecule has 0 unspecified atom stereocenters. The molecule has 0 aliphatic rings. The van der Waals surface area contributed by atoms with E-state index in [2.05, 4.69) is 48.8 Å². The summed E-state index contributed by atoms with van der Waals surface area (Å²) < 4.78 is 6.80. The van der Waals surface area contributed by atoms with Crippen LogP contribution in [-0.2, 0) is 5.41 Å². The van der Waals surface area contributed by atoms with Crippen molar-refractivity contribution in [3.8, 4) is 11.5 Å². The predicted octanol–water partition coefficient (Wildman–Crippen LogP) is 5.66. The first-order chi connectivity index (χ1) is 9.81. The van der Waals surface area contributed by atoms with E-state index in [9.17, 15) is 4.79 Å². The molecule has 21 heavy (non-hydrogen) atoms. The molecule has 0 saturated heterocycles. The van der Waals surface area contributed by atoms with Crippen molar-refractivity contribution >= 4 is 22.2 Å². The zero-order valence-electron chi connectivity index (χ0n) is 12.7. The van der Waals surface area contributed by atoms with Crippen LogP contribution in [0.25, 0.3) is 0 Å². The summed E-state index contributed by atoms with van der Waals surface area (Å²) in [5, 5.41) is 0. The molecule has 110 valence electrons. The van der Waals surface area contributed by atoms with Gasteiger partial charge >= 0.3 is 0 Å². The average Bonchev–Trinajstić information content (AvgIpc) is 2.40. The molecule has 0 spiro atoms. The fraction of sp³-hybridized carbons (Fsp3) is 0.278. The largest absolute Gasteiger partial charge is 0.456 e. The standard InChI is InChI=1S/C18H19BrO2/c1-12-9-14(18(2,3)4)6-8-16(12)21-17-10-15(19)7-5-13(17)11-20/h5-11H,1-4H3. The summed E-state index contributed by atoms with van der Waals surface area (Å²) in [6.07, 6.45) is 0.806. The van der Waals surface area contributed by atoms with Crippen LogP contribution in [0.5, 0.6) is 11.5 Å². The van der Waals surface area contributed by atoms with Crippen LogP contribution in [0.1, 0.15) is 42.3 Å². The van der Waals surface area contributed by atoms with E-state index >= 15 is 0 Å². The van der Waals surface area contributed by atoms with Gasteiger partial charge in [0.2, 0.25) is 0 Å². The third kappa shape index (κ3) is 3.73. The monoisotopic (exact) mass is 346 g/mol. The van der Waals surface area contributed by atoms with Crippen LogP contribution in [0, 0.1) is 6.92 Å². The first-order valence-corrected chi connectivity index (χ1v) is 7.64. The Labute approximate surface area is 134 Å². The first-order valence-electron chi connectivity index (χ1n) is 6.85. The highest BCUT2D eigenvalue weighted by molar-refractivity contribution is 9.10. The summed E-state index contributed by atoms with van der Waals surface area (Å²) in [6, 6.07) is 11.5. The van der Waals surface area contributed by atoms with Crippen molar-refractivity contribution in [1.82, 2.24) is 0 Å². The van der Waals surface area contributed by atoms with E-state index in [1.54, 1.807) is 12.1 Å². The topological polar surface area (TPSA) is 26.3 Å². The molecule has 3 heteroatoms. The molecule has 0 amide bonds. The second-order valence-electron chi connectivity index (χ2n) is 6.13. The van der Waals surface area contributed by atoms with Crippen molar-refractivity contribution in [1.29, 1.82) is 0 Å². The maximum absolute atomic E-state index is 11.1. The first kappa shape index (κ1) is 15.8. The van der Waals surface area contributed by atoms with Crippen LogP contribution >= 0.6 is 15.9 Å². The van der Waals surface area contributed by atoms with E-state index in [0.29, 0.717) is 11.3 Å². The lowest BCUT2D eigenvalue weighted by Crippen LogP contribution is -2.11. The van der Waals surface area contributed by atoms with Crippen LogP contribution in [0.2, 0.25) is 0 Å². The van der Waals surface area contributed by atoms with E-state index in [1.807, 2.05) is 19.1 Å². The Kier molecular flexibility index (Phi) is 4.52. The minimum atomic E-state index is 0.104. The normalized spacial score (nSPS) is 11.3. The molecule has 0 radical (unpaired) electrons. The summed E-state index contributed by atoms with van der Waals surface area (Å²) in [7, 11) is 0. The Morgan fingerprint density at radius 3 is 2.33 bits per heavy atom. The molecular formula is C18H19BrO2. The molecule has 0 heterocycles. The van der Waals surface area contributed by atoms with Crippen molar-refractivity contribution in [2.45, 2.75) is 33.1 Å². The number of carbonyl (C=O) groups excluding carboxylic acids is 1. The third-order valence-corrected chi connectivity index (χ3v) is 3.86. The van der Waals surface area contributed by atoms with Crippen LogP contribution < -0.4 is 4.74 Å². The number of aldehydes is 1. The van der Waals surface area contributed by atoms with Crippen LogP contribution in [0.4, 0.5) is 0 Å². The molecule has 2 aromatic rings. The third-order valence-electron chi connectivity index (χ3n) is 3.36. The van der Waals surface area contributed by atoms with E-state index < -0.39 is 0 Å². The molecule has 0 N–H and O–H groups in total. The van der Waals surface area contributed by atoms with Gasteiger partial charge in [-0.05, 0) is 47.7 Å². The minimum Gasteiger partial charge on any atom is -0.456 e. The number of carbonyl (C=O) groups is 1. The number of halogens is 1. The summed E-state index contributed by atoms with van der Waals surface area (Å²) in [5.41, 5.74) is 2.96. The number of ether oxygens (including phenoxy) is 1. The number of rotatable bonds is 3. The second-order valence-corrected chi connectivity index (χ2v) is 7.05. The highest BCUT2D eigenvalue weighted by atomic mass is 79.9. The second kappa shape index (κ2) is 6.02. The van der Waals surface area contributed by atoms with E-state index in [0.717, 1.165) is 22.1 Å². The van der Waals surface area contributed by atoms with Gasteiger partial charge in [-0.15, -0.1) is 0 Å². The summed E-state index contributed by atoms with van der Waals surface area (Å²) in [6.45, 7) is 8.56. The van der Waals surface area contributed by atoms with Gasteiger partial charge in [-0.2, -0.15) is 0 Å². The molecule has 0 saturated carbocycles. The van der Waals surface area contributed by atoms with Crippen LogP contribution in [0.3, 0.4) is 0 Å². The van der Waals surface area contributed by atoms with E-state index in [1.165, 1.54) is 5.56 Å². The lowest BCUT2D eigenvalue weighted by molar-refractivity contribution is 0.112. The number of benzene rings is 2. The molecule has 2 aromatic carbocycles. The number of hydrogen-bond donors (Lipinski definition) is 0. The van der Waals surface area contributed by atoms with Gasteiger partial charge in [-0.1, -0.05) is 48.8 Å². The Bertz CT molecular complexity index is 669. The molecule has 0 atom stereocenters. The fourth-order valence-corrected chi connectivity index (χ4v) is 2.38. The summed E-state index contributed by atoms with van der Waals surface area (Å²) in [5.74, 6) is 1.33. The average molecular weight is 347 g/mol. The van der Waals surface area contributed by atoms with Gasteiger partial charge in [-0.3, -0.25) is 4.79 Å². The molecule has 2 nitrogen and oxygen atoms in total. The lowest BCUT2D eigenvalue weighted by atomic mass is 9.86. The zero-order valence-corrected chi connectivity index (χ0v) is 14.3. The molecule has 0 aromatic heterocycles. The Morgan fingerprint density at radius 1 is 1.05 bits per heavy atom. The van der Waals surface area contributed by atoms with Crippen molar-refractivity contribution in [3.63, 3.8) is 0 Å². The number of aryl methyl sites for hydroxylation is 1. The summed E-state index contributed by atoms with van der Waals surface area (Å²) >= 11 is 3.40. The molecule has 0 aliphatic carbocycles. The highest BCUT2D eigenvalue weighted by Gasteiger charge is 2.15. The Morgan fingerprint density at radius 2 is 1.76 bits per heavy atom. The quantitative estimate of drug-likeness (QED) is 0.670. The molecule has 2 rings (SSSR count). The molecule has 0 bridgehead atoms. The fourth-order valence-electron chi connectivity index (χ4n) is 2.04. The van der Waals surface area contributed by atoms with Crippen molar-refractivity contribution in [2.24, 2.45) is 0 Å². The molecular weight excluding hydrogens is 328 g/mol. The SMILES string of the molecule is Cc1cc(C(C)(C)C)ccc1Oc1cc(Br)ccc1C=O. The van der Waals surface area contributed by atoms with Crippen LogP contribution in [0.15, 0.2) is 40.9 Å². The van der Waals surface area contributed by atoms with Crippen LogP contribution in [-0.4, -0.2) is 6.29 Å². The van der Waals surface area contributed by atoms with E-state index in [-0.39, 0.29) is 5.41 Å². The predicted molar refractivity (Wildman–Crippen MR) is 89.5 cm³/mol. The molecule has 0 aliphatic heterocycles. The van der Waals surface area contributed by atoms with Gasteiger partial charge in [0.05, 0.1) is 5.56 Å². The Hall–Kier alpha value is -1.61. The number of hydrogen-bond acceptors (Lipinski definition) is 2. The van der Waals surface area contributed by atoms with Gasteiger partial charge in [0, 0.05) is 4.47 Å². The maximum atomic E-state index is 11.1. The van der Waals surface area contributed by atoms with Gasteiger partial charge in [0.1, 0.15) is 11.5 Å². The zero-order chi connectivity index (χ0) is 15.6. The molecule has 0 fully saturated rings. The van der Waals surface area contributed by atoms with Crippen molar-refractivity contribution < 1.29 is 9.53 Å². The maximum Gasteiger partial charge on any atom is 0.153 e. The van der Waals surface area contributed by atoms with Crippen molar-refractivity contribution in [3.05, 3.63) is 57.6 Å². The highest BCUT2D eigenvalue weighted by Crippen LogP contribution is 2.32. The summed E-state index contributed by atoms with van der Waals surface area (Å²) in [4.78, 5) is 11.1. The van der Waals surface area contributed by atoms with Gasteiger partial charge in [0.25, 0.3) is 0 Å².